The predicted octanol–water partition coefficient (Wildman–Crippen LogP) is 3.13. The minimum atomic E-state index is 0.654. The van der Waals surface area contributed by atoms with Gasteiger partial charge in [0, 0.05) is 12.2 Å². The topological polar surface area (TPSA) is 43.8 Å². The minimum absolute atomic E-state index is 0.654. The molecule has 0 saturated carbocycles. The molecular formula is C12H23N3. The van der Waals surface area contributed by atoms with Crippen LogP contribution in [0.1, 0.15) is 51.1 Å². The molecule has 0 aromatic carbocycles. The highest BCUT2D eigenvalue weighted by molar-refractivity contribution is 5.21. The van der Waals surface area contributed by atoms with Crippen molar-refractivity contribution in [3.05, 3.63) is 11.9 Å². The van der Waals surface area contributed by atoms with Gasteiger partial charge in [-0.3, -0.25) is 0 Å². The van der Waals surface area contributed by atoms with Gasteiger partial charge in [0.05, 0.1) is 6.20 Å². The Labute approximate surface area is 92.7 Å². The number of nitrogen functional groups attached to an aromatic ring is 1. The van der Waals surface area contributed by atoms with Crippen molar-refractivity contribution in [2.45, 2.75) is 58.9 Å². The molecule has 0 aliphatic carbocycles. The van der Waals surface area contributed by atoms with Crippen molar-refractivity contribution in [3.8, 4) is 0 Å². The van der Waals surface area contributed by atoms with Gasteiger partial charge in [0.1, 0.15) is 0 Å². The molecule has 15 heavy (non-hydrogen) atoms. The van der Waals surface area contributed by atoms with E-state index in [4.69, 9.17) is 5.73 Å². The largest absolute Gasteiger partial charge is 0.369 e. The Hall–Kier alpha value is -0.990. The molecule has 0 bridgehead atoms. The second-order valence-electron chi connectivity index (χ2n) is 4.18. The van der Waals surface area contributed by atoms with Gasteiger partial charge in [-0.05, 0) is 13.3 Å². The third kappa shape index (κ3) is 3.94. The molecule has 0 saturated heterocycles. The van der Waals surface area contributed by atoms with Crippen LogP contribution in [-0.2, 0) is 6.54 Å². The standard InChI is InChI=1S/C12H23N3/c1-3-4-5-6-7-8-9-15-11(2)10-14-12(15)13/h10H,3-9H2,1-2H3,(H2,13,14). The van der Waals surface area contributed by atoms with Gasteiger partial charge in [-0.1, -0.05) is 39.0 Å². The van der Waals surface area contributed by atoms with Crippen molar-refractivity contribution in [3.63, 3.8) is 0 Å². The van der Waals surface area contributed by atoms with Crippen LogP contribution in [0.5, 0.6) is 0 Å². The van der Waals surface area contributed by atoms with Gasteiger partial charge in [-0.25, -0.2) is 4.98 Å². The van der Waals surface area contributed by atoms with Gasteiger partial charge in [-0.2, -0.15) is 0 Å². The van der Waals surface area contributed by atoms with E-state index < -0.39 is 0 Å². The molecule has 1 rings (SSSR count). The van der Waals surface area contributed by atoms with Crippen molar-refractivity contribution < 1.29 is 0 Å². The Kier molecular flexibility index (Phi) is 5.22. The van der Waals surface area contributed by atoms with E-state index in [1.54, 1.807) is 0 Å². The van der Waals surface area contributed by atoms with Crippen molar-refractivity contribution in [1.82, 2.24) is 9.55 Å². The number of hydrogen-bond acceptors (Lipinski definition) is 2. The fraction of sp³-hybridized carbons (Fsp3) is 0.750. The Balaban J connectivity index is 2.15. The SMILES string of the molecule is CCCCCCCCn1c(C)cnc1N. The molecule has 86 valence electrons. The van der Waals surface area contributed by atoms with Crippen molar-refractivity contribution in [2.75, 3.05) is 5.73 Å². The molecule has 0 aliphatic heterocycles. The molecule has 3 nitrogen and oxygen atoms in total. The molecule has 0 radical (unpaired) electrons. The van der Waals surface area contributed by atoms with Gasteiger partial charge in [0.25, 0.3) is 0 Å². The predicted molar refractivity (Wildman–Crippen MR) is 64.8 cm³/mol. The van der Waals surface area contributed by atoms with E-state index in [0.717, 1.165) is 6.54 Å². The van der Waals surface area contributed by atoms with E-state index >= 15 is 0 Å². The lowest BCUT2D eigenvalue weighted by molar-refractivity contribution is 0.556. The lowest BCUT2D eigenvalue weighted by Gasteiger charge is -2.06. The molecule has 3 heteroatoms. The average molecular weight is 209 g/mol. The zero-order valence-corrected chi connectivity index (χ0v) is 10.00. The first kappa shape index (κ1) is 12.1. The summed E-state index contributed by atoms with van der Waals surface area (Å²) >= 11 is 0. The van der Waals surface area contributed by atoms with Crippen LogP contribution >= 0.6 is 0 Å². The number of aromatic nitrogens is 2. The van der Waals surface area contributed by atoms with Gasteiger partial charge in [-0.15, -0.1) is 0 Å². The van der Waals surface area contributed by atoms with E-state index in [2.05, 4.69) is 23.4 Å². The van der Waals surface area contributed by atoms with Crippen LogP contribution in [0.4, 0.5) is 5.95 Å². The molecule has 0 spiro atoms. The monoisotopic (exact) mass is 209 g/mol. The number of imidazole rings is 1. The summed E-state index contributed by atoms with van der Waals surface area (Å²) in [5, 5.41) is 0. The van der Waals surface area contributed by atoms with Crippen LogP contribution in [0, 0.1) is 6.92 Å². The quantitative estimate of drug-likeness (QED) is 0.701. The summed E-state index contributed by atoms with van der Waals surface area (Å²) in [4.78, 5) is 4.09. The summed E-state index contributed by atoms with van der Waals surface area (Å²) in [7, 11) is 0. The summed E-state index contributed by atoms with van der Waals surface area (Å²) in [6, 6.07) is 0. The lowest BCUT2D eigenvalue weighted by atomic mass is 10.1. The molecular weight excluding hydrogens is 186 g/mol. The molecule has 0 atom stereocenters. The van der Waals surface area contributed by atoms with Crippen molar-refractivity contribution >= 4 is 5.95 Å². The summed E-state index contributed by atoms with van der Waals surface area (Å²) in [6.07, 6.45) is 9.75. The van der Waals surface area contributed by atoms with Crippen LogP contribution in [-0.4, -0.2) is 9.55 Å². The van der Waals surface area contributed by atoms with E-state index in [-0.39, 0.29) is 0 Å². The summed E-state index contributed by atoms with van der Waals surface area (Å²) in [6.45, 7) is 5.32. The maximum atomic E-state index is 5.76. The Bertz CT molecular complexity index is 259. The molecule has 0 aliphatic rings. The lowest BCUT2D eigenvalue weighted by Crippen LogP contribution is -2.05. The first-order valence-electron chi connectivity index (χ1n) is 6.03. The highest BCUT2D eigenvalue weighted by atomic mass is 15.1. The molecule has 0 unspecified atom stereocenters. The first-order chi connectivity index (χ1) is 7.25. The van der Waals surface area contributed by atoms with Crippen molar-refractivity contribution in [2.24, 2.45) is 0 Å². The van der Waals surface area contributed by atoms with Gasteiger partial charge in [0.15, 0.2) is 5.95 Å². The summed E-state index contributed by atoms with van der Waals surface area (Å²) < 4.78 is 2.10. The number of nitrogens with two attached hydrogens (primary N) is 1. The number of rotatable bonds is 7. The number of nitrogens with zero attached hydrogens (tertiary/aromatic N) is 2. The van der Waals surface area contributed by atoms with E-state index in [1.165, 1.54) is 44.2 Å². The van der Waals surface area contributed by atoms with E-state index in [1.807, 2.05) is 6.20 Å². The maximum Gasteiger partial charge on any atom is 0.200 e. The third-order valence-electron chi connectivity index (χ3n) is 2.82. The second kappa shape index (κ2) is 6.49. The smallest absolute Gasteiger partial charge is 0.200 e. The fourth-order valence-electron chi connectivity index (χ4n) is 1.82. The second-order valence-corrected chi connectivity index (χ2v) is 4.18. The van der Waals surface area contributed by atoms with Crippen LogP contribution in [0.15, 0.2) is 6.20 Å². The van der Waals surface area contributed by atoms with E-state index in [0.29, 0.717) is 5.95 Å². The van der Waals surface area contributed by atoms with Gasteiger partial charge >= 0.3 is 0 Å². The van der Waals surface area contributed by atoms with Crippen LogP contribution in [0.2, 0.25) is 0 Å². The van der Waals surface area contributed by atoms with Gasteiger partial charge < -0.3 is 10.3 Å². The molecule has 1 heterocycles. The first-order valence-corrected chi connectivity index (χ1v) is 6.03. The average Bonchev–Trinajstić information content (AvgIpc) is 2.54. The molecule has 0 amide bonds. The Morgan fingerprint density at radius 3 is 2.47 bits per heavy atom. The molecule has 0 fully saturated rings. The highest BCUT2D eigenvalue weighted by Gasteiger charge is 2.01. The van der Waals surface area contributed by atoms with Crippen LogP contribution < -0.4 is 5.73 Å². The Morgan fingerprint density at radius 2 is 1.87 bits per heavy atom. The minimum Gasteiger partial charge on any atom is -0.369 e. The molecule has 2 N–H and O–H groups in total. The maximum absolute atomic E-state index is 5.76. The Morgan fingerprint density at radius 1 is 1.20 bits per heavy atom. The summed E-state index contributed by atoms with van der Waals surface area (Å²) in [5.41, 5.74) is 6.92. The van der Waals surface area contributed by atoms with Crippen LogP contribution in [0.25, 0.3) is 0 Å². The van der Waals surface area contributed by atoms with Crippen LogP contribution in [0.3, 0.4) is 0 Å². The van der Waals surface area contributed by atoms with Gasteiger partial charge in [0.2, 0.25) is 0 Å². The summed E-state index contributed by atoms with van der Waals surface area (Å²) in [5.74, 6) is 0.654. The third-order valence-corrected chi connectivity index (χ3v) is 2.82. The highest BCUT2D eigenvalue weighted by Crippen LogP contribution is 2.10. The number of aryl methyl sites for hydroxylation is 1. The number of unbranched alkanes of at least 4 members (excludes halogenated alkanes) is 5. The van der Waals surface area contributed by atoms with E-state index in [9.17, 15) is 0 Å². The normalized spacial score (nSPS) is 10.8. The molecule has 1 aromatic heterocycles. The zero-order valence-electron chi connectivity index (χ0n) is 10.00. The molecule has 1 aromatic rings. The zero-order chi connectivity index (χ0) is 11.1. The number of hydrogen-bond donors (Lipinski definition) is 1. The number of anilines is 1. The van der Waals surface area contributed by atoms with Crippen molar-refractivity contribution in [1.29, 1.82) is 0 Å². The fourth-order valence-corrected chi connectivity index (χ4v) is 1.82.